The van der Waals surface area contributed by atoms with Crippen LogP contribution in [0.4, 0.5) is 0 Å². The predicted molar refractivity (Wildman–Crippen MR) is 51.9 cm³/mol. The molecule has 0 spiro atoms. The molecule has 92 valence electrons. The molecule has 0 aliphatic carbocycles. The first-order valence-electron chi connectivity index (χ1n) is 5.07. The van der Waals surface area contributed by atoms with Gasteiger partial charge in [-0.25, -0.2) is 0 Å². The molecular formula is C10H20IO4-. The molecule has 1 unspecified atom stereocenters. The molecule has 4 nitrogen and oxygen atoms in total. The summed E-state index contributed by atoms with van der Waals surface area (Å²) in [5.74, 6) is 0. The number of hydrogen-bond acceptors (Lipinski definition) is 4. The van der Waals surface area contributed by atoms with Crippen molar-refractivity contribution in [1.82, 2.24) is 0 Å². The quantitative estimate of drug-likeness (QED) is 0.345. The third kappa shape index (κ3) is 4.95. The molecule has 0 amide bonds. The normalized spacial score (nSPS) is 34.3. The van der Waals surface area contributed by atoms with E-state index in [2.05, 4.69) is 6.92 Å². The van der Waals surface area contributed by atoms with Crippen LogP contribution >= 0.6 is 0 Å². The minimum atomic E-state index is -0.296. The third-order valence-electron chi connectivity index (χ3n) is 2.23. The Kier molecular flexibility index (Phi) is 5.76. The molecule has 0 bridgehead atoms. The number of alkyl halides is 1. The molecule has 1 rings (SSSR count). The molecular weight excluding hydrogens is 311 g/mol. The monoisotopic (exact) mass is 331 g/mol. The van der Waals surface area contributed by atoms with Crippen molar-refractivity contribution in [2.24, 2.45) is 5.41 Å². The predicted octanol–water partition coefficient (Wildman–Crippen LogP) is -1.60. The van der Waals surface area contributed by atoms with Gasteiger partial charge < -0.3 is 0 Å². The van der Waals surface area contributed by atoms with Gasteiger partial charge in [-0.05, 0) is 0 Å². The summed E-state index contributed by atoms with van der Waals surface area (Å²) in [6, 6.07) is 0. The van der Waals surface area contributed by atoms with Gasteiger partial charge in [-0.1, -0.05) is 0 Å². The van der Waals surface area contributed by atoms with Gasteiger partial charge in [0.1, 0.15) is 0 Å². The second-order valence-corrected chi connectivity index (χ2v) is 6.03. The van der Waals surface area contributed by atoms with Gasteiger partial charge in [0, 0.05) is 0 Å². The Morgan fingerprint density at radius 3 is 2.60 bits per heavy atom. The van der Waals surface area contributed by atoms with E-state index in [4.69, 9.17) is 17.3 Å². The molecule has 1 fully saturated rings. The Bertz CT molecular complexity index is 180. The number of ether oxygens (including phenoxy) is 3. The van der Waals surface area contributed by atoms with Gasteiger partial charge in [-0.15, -0.1) is 0 Å². The molecule has 0 aromatic carbocycles. The van der Waals surface area contributed by atoms with Gasteiger partial charge in [-0.3, -0.25) is 0 Å². The summed E-state index contributed by atoms with van der Waals surface area (Å²) >= 11 is -0.296. The molecule has 1 aliphatic heterocycles. The summed E-state index contributed by atoms with van der Waals surface area (Å²) in [5.41, 5.74) is 0.118. The molecule has 0 radical (unpaired) electrons. The van der Waals surface area contributed by atoms with Crippen molar-refractivity contribution in [1.29, 1.82) is 0 Å². The summed E-state index contributed by atoms with van der Waals surface area (Å²) < 4.78 is 22.6. The van der Waals surface area contributed by atoms with Crippen LogP contribution in [0.2, 0.25) is 0 Å². The van der Waals surface area contributed by atoms with Gasteiger partial charge in [0.2, 0.25) is 0 Å². The van der Waals surface area contributed by atoms with Crippen LogP contribution in [-0.2, 0) is 17.3 Å². The van der Waals surface area contributed by atoms with Gasteiger partial charge in [-0.2, -0.15) is 0 Å². The first-order valence-corrected chi connectivity index (χ1v) is 7.47. The molecule has 0 N–H and O–H groups in total. The van der Waals surface area contributed by atoms with E-state index in [1.54, 1.807) is 7.11 Å². The fourth-order valence-corrected chi connectivity index (χ4v) is 3.18. The fraction of sp³-hybridized carbons (Fsp3) is 1.00. The first-order chi connectivity index (χ1) is 7.06. The topological polar surface area (TPSA) is 36.9 Å². The van der Waals surface area contributed by atoms with E-state index < -0.39 is 0 Å². The van der Waals surface area contributed by atoms with Gasteiger partial charge >= 0.3 is 102 Å². The zero-order valence-corrected chi connectivity index (χ0v) is 11.9. The molecule has 0 aromatic heterocycles. The summed E-state index contributed by atoms with van der Waals surface area (Å²) in [4.78, 5) is 0. The van der Waals surface area contributed by atoms with Crippen molar-refractivity contribution in [2.45, 2.75) is 33.4 Å². The average molecular weight is 331 g/mol. The van der Waals surface area contributed by atoms with E-state index in [0.717, 1.165) is 17.6 Å². The summed E-state index contributed by atoms with van der Waals surface area (Å²) in [5, 5.41) is 0. The van der Waals surface area contributed by atoms with Crippen LogP contribution in [-0.4, -0.2) is 37.3 Å². The fourth-order valence-electron chi connectivity index (χ4n) is 1.09. The second-order valence-electron chi connectivity index (χ2n) is 4.14. The van der Waals surface area contributed by atoms with E-state index >= 15 is 0 Å². The van der Waals surface area contributed by atoms with E-state index in [1.165, 1.54) is 0 Å². The van der Waals surface area contributed by atoms with Crippen LogP contribution in [0.3, 0.4) is 0 Å². The van der Waals surface area contributed by atoms with Crippen LogP contribution < -0.4 is 21.6 Å². The number of methoxy groups -OCH3 is 1. The zero-order chi connectivity index (χ0) is 11.3. The SMILES string of the molecule is COC(C)O[I-]CC1(C)COC(C)OC1. The van der Waals surface area contributed by atoms with Gasteiger partial charge in [0.15, 0.2) is 0 Å². The maximum absolute atomic E-state index is 5.56. The Morgan fingerprint density at radius 2 is 2.07 bits per heavy atom. The van der Waals surface area contributed by atoms with E-state index in [0.29, 0.717) is 0 Å². The van der Waals surface area contributed by atoms with Crippen molar-refractivity contribution in [3.05, 3.63) is 0 Å². The van der Waals surface area contributed by atoms with Crippen LogP contribution in [0, 0.1) is 5.41 Å². The minimum absolute atomic E-state index is 0.0601. The average Bonchev–Trinajstić information content (AvgIpc) is 2.23. The Balaban J connectivity index is 2.19. The number of halogens is 1. The molecule has 0 saturated carbocycles. The van der Waals surface area contributed by atoms with Crippen LogP contribution in [0.1, 0.15) is 20.8 Å². The van der Waals surface area contributed by atoms with E-state index in [-0.39, 0.29) is 39.6 Å². The van der Waals surface area contributed by atoms with Gasteiger partial charge in [0.05, 0.1) is 0 Å². The summed E-state index contributed by atoms with van der Waals surface area (Å²) in [6.07, 6.45) is -0.152. The summed E-state index contributed by atoms with van der Waals surface area (Å²) in [7, 11) is 1.66. The third-order valence-corrected chi connectivity index (χ3v) is 5.46. The Hall–Kier alpha value is 0.570. The van der Waals surface area contributed by atoms with Crippen LogP contribution in [0.15, 0.2) is 0 Å². The van der Waals surface area contributed by atoms with Crippen molar-refractivity contribution in [3.63, 3.8) is 0 Å². The van der Waals surface area contributed by atoms with Crippen LogP contribution in [0.5, 0.6) is 0 Å². The summed E-state index contributed by atoms with van der Waals surface area (Å²) in [6.45, 7) is 7.55. The number of rotatable bonds is 5. The molecule has 1 saturated heterocycles. The van der Waals surface area contributed by atoms with E-state index in [9.17, 15) is 0 Å². The first kappa shape index (κ1) is 13.6. The maximum atomic E-state index is 5.56. The molecule has 1 heterocycles. The zero-order valence-electron chi connectivity index (χ0n) is 9.79. The number of hydrogen-bond donors (Lipinski definition) is 0. The van der Waals surface area contributed by atoms with Crippen molar-refractivity contribution >= 4 is 0 Å². The van der Waals surface area contributed by atoms with Crippen molar-refractivity contribution in [2.75, 3.05) is 24.8 Å². The van der Waals surface area contributed by atoms with Gasteiger partial charge in [0.25, 0.3) is 0 Å². The molecule has 1 aliphatic rings. The van der Waals surface area contributed by atoms with Crippen molar-refractivity contribution < 1.29 is 38.9 Å². The standard InChI is InChI=1S/C10H20IO4/c1-8(12-4)15-11-5-10(3)6-13-9(2)14-7-10/h8-9H,5-7H2,1-4H3/q-1. The second kappa shape index (κ2) is 6.34. The molecule has 1 atom stereocenters. The van der Waals surface area contributed by atoms with E-state index in [1.807, 2.05) is 13.8 Å². The van der Waals surface area contributed by atoms with Crippen LogP contribution in [0.25, 0.3) is 0 Å². The Labute approximate surface area is 102 Å². The molecule has 5 heteroatoms. The Morgan fingerprint density at radius 1 is 1.47 bits per heavy atom. The molecule has 0 aromatic rings. The van der Waals surface area contributed by atoms with Crippen molar-refractivity contribution in [3.8, 4) is 0 Å². The molecule has 15 heavy (non-hydrogen) atoms.